The zero-order valence-electron chi connectivity index (χ0n) is 18.2. The van der Waals surface area contributed by atoms with Gasteiger partial charge in [-0.05, 0) is 63.8 Å². The molecule has 0 saturated heterocycles. The number of rotatable bonds is 5. The monoisotopic (exact) mass is 396 g/mol. The van der Waals surface area contributed by atoms with E-state index in [9.17, 15) is 15.0 Å². The molecule has 0 heterocycles. The molecule has 0 spiro atoms. The van der Waals surface area contributed by atoms with Crippen LogP contribution in [0, 0.1) is 0 Å². The summed E-state index contributed by atoms with van der Waals surface area (Å²) < 4.78 is 0. The van der Waals surface area contributed by atoms with E-state index in [1.54, 1.807) is 24.3 Å². The second-order valence-corrected chi connectivity index (χ2v) is 9.42. The Labute approximate surface area is 173 Å². The van der Waals surface area contributed by atoms with Crippen LogP contribution in [0.25, 0.3) is 0 Å². The van der Waals surface area contributed by atoms with E-state index < -0.39 is 0 Å². The molecule has 2 rings (SSSR count). The molecular weight excluding hydrogens is 364 g/mol. The van der Waals surface area contributed by atoms with Crippen LogP contribution in [0.2, 0.25) is 0 Å². The average Bonchev–Trinajstić information content (AvgIpc) is 2.60. The van der Waals surface area contributed by atoms with Crippen molar-refractivity contribution in [2.75, 3.05) is 0 Å². The molecule has 0 atom stereocenters. The van der Waals surface area contributed by atoms with Crippen molar-refractivity contribution in [3.8, 4) is 11.5 Å². The molecule has 5 heteroatoms. The predicted molar refractivity (Wildman–Crippen MR) is 118 cm³/mol. The highest BCUT2D eigenvalue weighted by atomic mass is 16.3. The highest BCUT2D eigenvalue weighted by Gasteiger charge is 2.26. The van der Waals surface area contributed by atoms with Crippen LogP contribution < -0.4 is 5.43 Å². The molecule has 0 bridgehead atoms. The normalized spacial score (nSPS) is 12.3. The maximum absolute atomic E-state index is 12.2. The first-order valence-electron chi connectivity index (χ1n) is 9.85. The Morgan fingerprint density at radius 2 is 1.48 bits per heavy atom. The molecule has 0 aromatic heterocycles. The Morgan fingerprint density at radius 1 is 0.966 bits per heavy atom. The zero-order chi connectivity index (χ0) is 21.8. The lowest BCUT2D eigenvalue weighted by molar-refractivity contribution is -0.121. The van der Waals surface area contributed by atoms with Gasteiger partial charge in [0.1, 0.15) is 11.5 Å². The van der Waals surface area contributed by atoms with Crippen LogP contribution >= 0.6 is 0 Å². The van der Waals surface area contributed by atoms with Gasteiger partial charge in [-0.25, -0.2) is 5.43 Å². The van der Waals surface area contributed by atoms with Crippen LogP contribution in [0.3, 0.4) is 0 Å². The fraction of sp³-hybridized carbons (Fsp3) is 0.417. The summed E-state index contributed by atoms with van der Waals surface area (Å²) in [6.07, 6.45) is 2.39. The number of carbonyl (C=O) groups is 1. The Kier molecular flexibility index (Phi) is 6.73. The molecular formula is C24H32N2O3. The van der Waals surface area contributed by atoms with Crippen LogP contribution in [0.4, 0.5) is 0 Å². The predicted octanol–water partition coefficient (Wildman–Crippen LogP) is 4.78. The zero-order valence-corrected chi connectivity index (χ0v) is 18.2. The molecule has 3 N–H and O–H groups in total. The lowest BCUT2D eigenvalue weighted by Crippen LogP contribution is -2.20. The number of benzene rings is 2. The second kappa shape index (κ2) is 8.68. The summed E-state index contributed by atoms with van der Waals surface area (Å²) in [5, 5.41) is 24.0. The van der Waals surface area contributed by atoms with Crippen LogP contribution in [-0.2, 0) is 22.0 Å². The van der Waals surface area contributed by atoms with Gasteiger partial charge in [0.2, 0.25) is 5.91 Å². The van der Waals surface area contributed by atoms with Crippen LogP contribution in [-0.4, -0.2) is 22.3 Å². The minimum atomic E-state index is -0.198. The number of phenolic OH excluding ortho intramolecular Hbond substituents is 2. The van der Waals surface area contributed by atoms with E-state index in [4.69, 9.17) is 0 Å². The maximum atomic E-state index is 12.2. The van der Waals surface area contributed by atoms with Gasteiger partial charge in [0.25, 0.3) is 0 Å². The van der Waals surface area contributed by atoms with Crippen molar-refractivity contribution < 1.29 is 15.0 Å². The number of aromatic hydroxyl groups is 2. The Bertz CT molecular complexity index is 851. The number of hydrogen-bond acceptors (Lipinski definition) is 4. The van der Waals surface area contributed by atoms with Crippen LogP contribution in [0.5, 0.6) is 11.5 Å². The topological polar surface area (TPSA) is 81.9 Å². The molecule has 5 nitrogen and oxygen atoms in total. The van der Waals surface area contributed by atoms with Gasteiger partial charge in [0, 0.05) is 6.42 Å². The van der Waals surface area contributed by atoms with Gasteiger partial charge >= 0.3 is 0 Å². The van der Waals surface area contributed by atoms with Crippen molar-refractivity contribution >= 4 is 12.1 Å². The average molecular weight is 397 g/mol. The number of nitrogens with one attached hydrogen (secondary N) is 1. The van der Waals surface area contributed by atoms with Crippen molar-refractivity contribution in [2.45, 2.75) is 65.2 Å². The maximum Gasteiger partial charge on any atom is 0.240 e. The number of hydrogen-bond donors (Lipinski definition) is 3. The number of aryl methyl sites for hydroxylation is 1. The van der Waals surface area contributed by atoms with Crippen molar-refractivity contribution in [3.63, 3.8) is 0 Å². The molecule has 0 saturated carbocycles. The van der Waals surface area contributed by atoms with E-state index in [-0.39, 0.29) is 22.5 Å². The SMILES string of the molecule is CC(C)(C)c1cc(CCC(=O)N/N=C/c2ccc(O)cc2)cc(C(C)(C)C)c1O. The van der Waals surface area contributed by atoms with Crippen LogP contribution in [0.15, 0.2) is 41.5 Å². The van der Waals surface area contributed by atoms with Crippen molar-refractivity contribution in [2.24, 2.45) is 5.10 Å². The molecule has 0 fully saturated rings. The quantitative estimate of drug-likeness (QED) is 0.503. The Balaban J connectivity index is 2.09. The largest absolute Gasteiger partial charge is 0.508 e. The number of nitrogens with zero attached hydrogens (tertiary/aromatic N) is 1. The Hall–Kier alpha value is -2.82. The third kappa shape index (κ3) is 6.34. The lowest BCUT2D eigenvalue weighted by atomic mass is 9.78. The number of carbonyl (C=O) groups excluding carboxylic acids is 1. The first-order valence-corrected chi connectivity index (χ1v) is 9.85. The summed E-state index contributed by atoms with van der Waals surface area (Å²) in [6.45, 7) is 12.4. The fourth-order valence-electron chi connectivity index (χ4n) is 3.03. The number of amides is 1. The minimum Gasteiger partial charge on any atom is -0.508 e. The summed E-state index contributed by atoms with van der Waals surface area (Å²) in [5.74, 6) is 0.351. The lowest BCUT2D eigenvalue weighted by Gasteiger charge is -2.28. The second-order valence-electron chi connectivity index (χ2n) is 9.42. The molecule has 0 aliphatic heterocycles. The highest BCUT2D eigenvalue weighted by molar-refractivity contribution is 5.82. The van der Waals surface area contributed by atoms with Crippen LogP contribution in [0.1, 0.15) is 70.2 Å². The highest BCUT2D eigenvalue weighted by Crippen LogP contribution is 2.39. The minimum absolute atomic E-state index is 0.178. The molecule has 0 aliphatic carbocycles. The Morgan fingerprint density at radius 3 is 1.97 bits per heavy atom. The van der Waals surface area contributed by atoms with E-state index in [1.807, 2.05) is 12.1 Å². The molecule has 0 aliphatic rings. The van der Waals surface area contributed by atoms with Gasteiger partial charge in [-0.15, -0.1) is 0 Å². The summed E-state index contributed by atoms with van der Waals surface area (Å²) in [7, 11) is 0. The third-order valence-electron chi connectivity index (χ3n) is 4.72. The first-order chi connectivity index (χ1) is 13.4. The van der Waals surface area contributed by atoms with Gasteiger partial charge in [0.05, 0.1) is 6.21 Å². The molecule has 156 valence electrons. The summed E-state index contributed by atoms with van der Waals surface area (Å²) in [5.41, 5.74) is 5.74. The number of phenols is 2. The third-order valence-corrected chi connectivity index (χ3v) is 4.72. The van der Waals surface area contributed by atoms with E-state index in [0.717, 1.165) is 22.3 Å². The molecule has 1 amide bonds. The summed E-state index contributed by atoms with van der Waals surface area (Å²) >= 11 is 0. The fourth-order valence-corrected chi connectivity index (χ4v) is 3.03. The summed E-state index contributed by atoms with van der Waals surface area (Å²) in [6, 6.07) is 10.5. The molecule has 2 aromatic carbocycles. The number of hydrazone groups is 1. The first kappa shape index (κ1) is 22.5. The van der Waals surface area contributed by atoms with Gasteiger partial charge in [0.15, 0.2) is 0 Å². The summed E-state index contributed by atoms with van der Waals surface area (Å²) in [4.78, 5) is 12.2. The van der Waals surface area contributed by atoms with E-state index in [1.165, 1.54) is 6.21 Å². The smallest absolute Gasteiger partial charge is 0.240 e. The van der Waals surface area contributed by atoms with E-state index in [0.29, 0.717) is 18.6 Å². The molecule has 29 heavy (non-hydrogen) atoms. The van der Waals surface area contributed by atoms with Crippen molar-refractivity contribution in [1.82, 2.24) is 5.43 Å². The van der Waals surface area contributed by atoms with Gasteiger partial charge in [-0.3, -0.25) is 4.79 Å². The molecule has 2 aromatic rings. The van der Waals surface area contributed by atoms with E-state index in [2.05, 4.69) is 52.1 Å². The van der Waals surface area contributed by atoms with Gasteiger partial charge in [-0.1, -0.05) is 53.7 Å². The van der Waals surface area contributed by atoms with Crippen molar-refractivity contribution in [1.29, 1.82) is 0 Å². The van der Waals surface area contributed by atoms with E-state index >= 15 is 0 Å². The molecule has 0 radical (unpaired) electrons. The van der Waals surface area contributed by atoms with Gasteiger partial charge < -0.3 is 10.2 Å². The standard InChI is InChI=1S/C24H32N2O3/c1-23(2,3)19-13-17(14-20(22(19)29)24(4,5)6)9-12-21(28)26-25-15-16-7-10-18(27)11-8-16/h7-8,10-11,13-15,27,29H,9,12H2,1-6H3,(H,26,28)/b25-15+. The van der Waals surface area contributed by atoms with Gasteiger partial charge in [-0.2, -0.15) is 5.10 Å². The molecule has 0 unspecified atom stereocenters. The van der Waals surface area contributed by atoms with Crippen molar-refractivity contribution in [3.05, 3.63) is 58.7 Å².